The first-order valence-corrected chi connectivity index (χ1v) is 4.65. The number of alkyl halides is 2. The second-order valence-electron chi connectivity index (χ2n) is 3.58. The molecule has 0 aromatic carbocycles. The zero-order valence-electron chi connectivity index (χ0n) is 8.56. The lowest BCUT2D eigenvalue weighted by Crippen LogP contribution is -2.43. The van der Waals surface area contributed by atoms with Crippen molar-refractivity contribution in [2.24, 2.45) is 0 Å². The summed E-state index contributed by atoms with van der Waals surface area (Å²) in [6.07, 6.45) is 0.847. The van der Waals surface area contributed by atoms with Gasteiger partial charge in [-0.1, -0.05) is 6.92 Å². The van der Waals surface area contributed by atoms with Crippen molar-refractivity contribution in [2.45, 2.75) is 39.2 Å². The maximum Gasteiger partial charge on any atom is 0.283 e. The van der Waals surface area contributed by atoms with Gasteiger partial charge in [0.05, 0.1) is 6.54 Å². The Morgan fingerprint density at radius 1 is 1.38 bits per heavy atom. The molecule has 0 fully saturated rings. The van der Waals surface area contributed by atoms with Gasteiger partial charge in [-0.25, -0.2) is 8.78 Å². The maximum absolute atomic E-state index is 12.8. The molecule has 0 spiro atoms. The van der Waals surface area contributed by atoms with E-state index < -0.39 is 12.5 Å². The summed E-state index contributed by atoms with van der Waals surface area (Å²) in [5, 5.41) is 8.42. The predicted molar refractivity (Wildman–Crippen MR) is 49.0 cm³/mol. The molecule has 0 saturated carbocycles. The summed E-state index contributed by atoms with van der Waals surface area (Å²) in [4.78, 5) is 1.68. The number of hydrogen-bond donors (Lipinski definition) is 1. The van der Waals surface area contributed by atoms with Crippen LogP contribution in [0, 0.1) is 0 Å². The van der Waals surface area contributed by atoms with Crippen LogP contribution in [0.15, 0.2) is 0 Å². The van der Waals surface area contributed by atoms with E-state index in [0.717, 1.165) is 6.42 Å². The SMILES string of the molecule is CCCN(CC(F)(F)CO)C(C)C. The Morgan fingerprint density at radius 2 is 1.92 bits per heavy atom. The van der Waals surface area contributed by atoms with Crippen LogP contribution in [0.4, 0.5) is 8.78 Å². The molecule has 0 saturated heterocycles. The normalized spacial score (nSPS) is 12.9. The third-order valence-electron chi connectivity index (χ3n) is 1.91. The summed E-state index contributed by atoms with van der Waals surface area (Å²) in [5.41, 5.74) is 0. The molecule has 0 bridgehead atoms. The summed E-state index contributed by atoms with van der Waals surface area (Å²) >= 11 is 0. The molecule has 4 heteroatoms. The van der Waals surface area contributed by atoms with Gasteiger partial charge < -0.3 is 5.11 Å². The molecule has 1 N–H and O–H groups in total. The maximum atomic E-state index is 12.8. The van der Waals surface area contributed by atoms with Crippen LogP contribution in [0.1, 0.15) is 27.2 Å². The molecule has 2 nitrogen and oxygen atoms in total. The van der Waals surface area contributed by atoms with Gasteiger partial charge in [-0.2, -0.15) is 0 Å². The van der Waals surface area contributed by atoms with Crippen molar-refractivity contribution in [2.75, 3.05) is 19.7 Å². The number of rotatable bonds is 6. The van der Waals surface area contributed by atoms with Crippen LogP contribution in [0.3, 0.4) is 0 Å². The molecule has 0 aliphatic heterocycles. The van der Waals surface area contributed by atoms with E-state index in [1.807, 2.05) is 20.8 Å². The number of halogens is 2. The molecule has 0 aliphatic rings. The Hall–Kier alpha value is -0.220. The molecule has 0 aromatic heterocycles. The van der Waals surface area contributed by atoms with E-state index in [1.54, 1.807) is 4.90 Å². The van der Waals surface area contributed by atoms with Gasteiger partial charge in [0.25, 0.3) is 5.92 Å². The lowest BCUT2D eigenvalue weighted by atomic mass is 10.2. The van der Waals surface area contributed by atoms with Crippen LogP contribution in [-0.4, -0.2) is 41.7 Å². The minimum Gasteiger partial charge on any atom is -0.390 e. The summed E-state index contributed by atoms with van der Waals surface area (Å²) in [6.45, 7) is 4.93. The fourth-order valence-electron chi connectivity index (χ4n) is 1.15. The van der Waals surface area contributed by atoms with E-state index >= 15 is 0 Å². The van der Waals surface area contributed by atoms with Crippen LogP contribution in [0.2, 0.25) is 0 Å². The average Bonchev–Trinajstić information content (AvgIpc) is 2.03. The van der Waals surface area contributed by atoms with Crippen molar-refractivity contribution < 1.29 is 13.9 Å². The molecular weight excluding hydrogens is 176 g/mol. The highest BCUT2D eigenvalue weighted by Crippen LogP contribution is 2.15. The molecule has 0 unspecified atom stereocenters. The average molecular weight is 195 g/mol. The fourth-order valence-corrected chi connectivity index (χ4v) is 1.15. The smallest absolute Gasteiger partial charge is 0.283 e. The van der Waals surface area contributed by atoms with E-state index in [4.69, 9.17) is 5.11 Å². The van der Waals surface area contributed by atoms with Crippen LogP contribution >= 0.6 is 0 Å². The lowest BCUT2D eigenvalue weighted by Gasteiger charge is -2.29. The Bertz CT molecular complexity index is 140. The Morgan fingerprint density at radius 3 is 2.23 bits per heavy atom. The van der Waals surface area contributed by atoms with Crippen molar-refractivity contribution in [3.8, 4) is 0 Å². The lowest BCUT2D eigenvalue weighted by molar-refractivity contribution is -0.0776. The first kappa shape index (κ1) is 12.8. The van der Waals surface area contributed by atoms with Crippen molar-refractivity contribution in [1.82, 2.24) is 4.90 Å². The van der Waals surface area contributed by atoms with Gasteiger partial charge in [-0.3, -0.25) is 4.90 Å². The minimum atomic E-state index is -2.97. The van der Waals surface area contributed by atoms with Crippen molar-refractivity contribution in [1.29, 1.82) is 0 Å². The first-order valence-electron chi connectivity index (χ1n) is 4.65. The molecule has 0 radical (unpaired) electrons. The van der Waals surface area contributed by atoms with Gasteiger partial charge in [-0.05, 0) is 26.8 Å². The van der Waals surface area contributed by atoms with Crippen LogP contribution in [0.5, 0.6) is 0 Å². The largest absolute Gasteiger partial charge is 0.390 e. The zero-order chi connectivity index (χ0) is 10.5. The molecule has 0 aliphatic carbocycles. The first-order chi connectivity index (χ1) is 5.93. The highest BCUT2D eigenvalue weighted by atomic mass is 19.3. The zero-order valence-corrected chi connectivity index (χ0v) is 8.56. The van der Waals surface area contributed by atoms with E-state index in [1.165, 1.54) is 0 Å². The number of aliphatic hydroxyl groups excluding tert-OH is 1. The topological polar surface area (TPSA) is 23.5 Å². The van der Waals surface area contributed by atoms with Gasteiger partial charge >= 0.3 is 0 Å². The molecule has 0 amide bonds. The van der Waals surface area contributed by atoms with Gasteiger partial charge in [0, 0.05) is 6.04 Å². The third kappa shape index (κ3) is 5.16. The van der Waals surface area contributed by atoms with Gasteiger partial charge in [0.1, 0.15) is 6.61 Å². The number of hydrogen-bond acceptors (Lipinski definition) is 2. The molecule has 0 aromatic rings. The van der Waals surface area contributed by atoms with Crippen LogP contribution in [0.25, 0.3) is 0 Å². The molecular formula is C9H19F2NO. The molecule has 80 valence electrons. The minimum absolute atomic E-state index is 0.0948. The fraction of sp³-hybridized carbons (Fsp3) is 1.00. The van der Waals surface area contributed by atoms with Crippen molar-refractivity contribution in [3.05, 3.63) is 0 Å². The summed E-state index contributed by atoms with van der Waals surface area (Å²) < 4.78 is 25.6. The monoisotopic (exact) mass is 195 g/mol. The van der Waals surface area contributed by atoms with Crippen LogP contribution < -0.4 is 0 Å². The molecule has 0 atom stereocenters. The van der Waals surface area contributed by atoms with Crippen molar-refractivity contribution >= 4 is 0 Å². The second-order valence-corrected chi connectivity index (χ2v) is 3.58. The van der Waals surface area contributed by atoms with Crippen molar-refractivity contribution in [3.63, 3.8) is 0 Å². The second kappa shape index (κ2) is 5.50. The third-order valence-corrected chi connectivity index (χ3v) is 1.91. The Labute approximate surface area is 78.5 Å². The van der Waals surface area contributed by atoms with Gasteiger partial charge in [0.2, 0.25) is 0 Å². The van der Waals surface area contributed by atoms with E-state index in [2.05, 4.69) is 0 Å². The number of nitrogens with zero attached hydrogens (tertiary/aromatic N) is 1. The molecule has 0 rings (SSSR count). The van der Waals surface area contributed by atoms with E-state index in [9.17, 15) is 8.78 Å². The summed E-state index contributed by atoms with van der Waals surface area (Å²) in [7, 11) is 0. The highest BCUT2D eigenvalue weighted by molar-refractivity contribution is 4.73. The number of aliphatic hydroxyl groups is 1. The summed E-state index contributed by atoms with van der Waals surface area (Å²) in [5.74, 6) is -2.97. The Balaban J connectivity index is 4.08. The highest BCUT2D eigenvalue weighted by Gasteiger charge is 2.31. The Kier molecular flexibility index (Phi) is 5.40. The molecule has 13 heavy (non-hydrogen) atoms. The van der Waals surface area contributed by atoms with E-state index in [-0.39, 0.29) is 12.6 Å². The molecule has 0 heterocycles. The van der Waals surface area contributed by atoms with Crippen LogP contribution in [-0.2, 0) is 0 Å². The van der Waals surface area contributed by atoms with Gasteiger partial charge in [-0.15, -0.1) is 0 Å². The quantitative estimate of drug-likeness (QED) is 0.697. The predicted octanol–water partition coefficient (Wildman–Crippen LogP) is 1.73. The van der Waals surface area contributed by atoms with E-state index in [0.29, 0.717) is 6.54 Å². The summed E-state index contributed by atoms with van der Waals surface area (Å²) in [6, 6.07) is 0.0948. The standard InChI is InChI=1S/C9H19F2NO/c1-4-5-12(8(2)3)6-9(10,11)7-13/h8,13H,4-7H2,1-3H3. The van der Waals surface area contributed by atoms with Gasteiger partial charge in [0.15, 0.2) is 0 Å².